The molecule has 3 rings (SSSR count). The maximum atomic E-state index is 13.0. The minimum Gasteiger partial charge on any atom is -0.381 e. The molecule has 1 aromatic rings. The van der Waals surface area contributed by atoms with Crippen molar-refractivity contribution in [2.24, 2.45) is 0 Å². The van der Waals surface area contributed by atoms with Crippen molar-refractivity contribution in [3.8, 4) is 0 Å². The quantitative estimate of drug-likeness (QED) is 0.624. The second-order valence-corrected chi connectivity index (χ2v) is 8.73. The van der Waals surface area contributed by atoms with Crippen LogP contribution in [0.5, 0.6) is 0 Å². The Morgan fingerprint density at radius 2 is 2.00 bits per heavy atom. The van der Waals surface area contributed by atoms with Gasteiger partial charge in [0.05, 0.1) is 0 Å². The van der Waals surface area contributed by atoms with E-state index in [0.29, 0.717) is 18.2 Å². The Morgan fingerprint density at radius 1 is 1.31 bits per heavy atom. The molecule has 7 heteroatoms. The molecule has 158 valence electrons. The molecule has 2 aliphatic rings. The van der Waals surface area contributed by atoms with Crippen LogP contribution in [0.3, 0.4) is 0 Å². The summed E-state index contributed by atoms with van der Waals surface area (Å²) in [6.45, 7) is 7.67. The van der Waals surface area contributed by atoms with Gasteiger partial charge in [0.25, 0.3) is 5.91 Å². The van der Waals surface area contributed by atoms with Gasteiger partial charge in [-0.1, -0.05) is 15.9 Å². The van der Waals surface area contributed by atoms with Crippen LogP contribution in [0.25, 0.3) is 0 Å². The van der Waals surface area contributed by atoms with Crippen molar-refractivity contribution < 1.29 is 14.6 Å². The molecule has 0 saturated carbocycles. The highest BCUT2D eigenvalue weighted by atomic mass is 79.9. The lowest BCUT2D eigenvalue weighted by molar-refractivity contribution is 0.0854. The van der Waals surface area contributed by atoms with E-state index in [1.807, 2.05) is 32.9 Å². The third-order valence-electron chi connectivity index (χ3n) is 5.78. The standard InChI is InChI=1S/C22H30BrN3O3/c1-13-9-14(2)25-22(28)19(13)12-24-21(27)18-10-16(23)11-20(15(18)3)26(4)17-5-7-29-8-6-17/h9-11,17,22,25,28H,5-8,12H2,1-4H3,(H,24,27). The molecule has 0 bridgehead atoms. The number of hydrogen-bond donors (Lipinski definition) is 3. The number of carbonyl (C=O) groups excluding carboxylic acids is 1. The van der Waals surface area contributed by atoms with E-state index >= 15 is 0 Å². The van der Waals surface area contributed by atoms with Gasteiger partial charge in [-0.25, -0.2) is 0 Å². The SMILES string of the molecule is CC1=CC(C)=C(CNC(=O)c2cc(Br)cc(N(C)C3CCOCC3)c2C)C(O)N1. The highest BCUT2D eigenvalue weighted by molar-refractivity contribution is 9.10. The molecule has 1 saturated heterocycles. The minimum atomic E-state index is -0.779. The topological polar surface area (TPSA) is 73.8 Å². The molecule has 1 fully saturated rings. The van der Waals surface area contributed by atoms with Crippen molar-refractivity contribution in [2.75, 3.05) is 31.7 Å². The first-order chi connectivity index (χ1) is 13.8. The average Bonchev–Trinajstić information content (AvgIpc) is 2.68. The number of anilines is 1. The average molecular weight is 464 g/mol. The van der Waals surface area contributed by atoms with Crippen molar-refractivity contribution in [2.45, 2.75) is 45.9 Å². The van der Waals surface area contributed by atoms with E-state index in [2.05, 4.69) is 44.6 Å². The molecular weight excluding hydrogens is 434 g/mol. The predicted octanol–water partition coefficient (Wildman–Crippen LogP) is 3.24. The van der Waals surface area contributed by atoms with Gasteiger partial charge in [-0.2, -0.15) is 0 Å². The van der Waals surface area contributed by atoms with E-state index in [0.717, 1.165) is 58.6 Å². The fourth-order valence-electron chi connectivity index (χ4n) is 4.02. The van der Waals surface area contributed by atoms with Gasteiger partial charge in [-0.3, -0.25) is 4.79 Å². The highest BCUT2D eigenvalue weighted by Gasteiger charge is 2.23. The second-order valence-electron chi connectivity index (χ2n) is 7.82. The van der Waals surface area contributed by atoms with Gasteiger partial charge in [-0.15, -0.1) is 0 Å². The number of ether oxygens (including phenoxy) is 1. The molecule has 2 heterocycles. The van der Waals surface area contributed by atoms with Crippen molar-refractivity contribution in [1.29, 1.82) is 0 Å². The van der Waals surface area contributed by atoms with Crippen molar-refractivity contribution in [3.05, 3.63) is 50.7 Å². The second kappa shape index (κ2) is 9.32. The summed E-state index contributed by atoms with van der Waals surface area (Å²) in [5.41, 5.74) is 5.29. The van der Waals surface area contributed by atoms with Crippen LogP contribution < -0.4 is 15.5 Å². The molecule has 1 unspecified atom stereocenters. The summed E-state index contributed by atoms with van der Waals surface area (Å²) in [7, 11) is 2.08. The molecule has 0 aliphatic carbocycles. The van der Waals surface area contributed by atoms with Crippen LogP contribution in [-0.4, -0.2) is 50.1 Å². The zero-order valence-corrected chi connectivity index (χ0v) is 19.1. The zero-order chi connectivity index (χ0) is 21.1. The van der Waals surface area contributed by atoms with Crippen molar-refractivity contribution >= 4 is 27.5 Å². The molecule has 1 atom stereocenters. The van der Waals surface area contributed by atoms with Gasteiger partial charge in [0, 0.05) is 59.8 Å². The van der Waals surface area contributed by atoms with Gasteiger partial charge in [0.1, 0.15) is 6.23 Å². The van der Waals surface area contributed by atoms with Crippen molar-refractivity contribution in [3.63, 3.8) is 0 Å². The minimum absolute atomic E-state index is 0.149. The molecule has 3 N–H and O–H groups in total. The number of nitrogens with one attached hydrogen (secondary N) is 2. The number of nitrogens with zero attached hydrogens (tertiary/aromatic N) is 1. The Morgan fingerprint density at radius 3 is 2.66 bits per heavy atom. The van der Waals surface area contributed by atoms with E-state index < -0.39 is 6.23 Å². The maximum absolute atomic E-state index is 13.0. The summed E-state index contributed by atoms with van der Waals surface area (Å²) in [5.74, 6) is -0.149. The van der Waals surface area contributed by atoms with Crippen LogP contribution in [-0.2, 0) is 4.74 Å². The Hall–Kier alpha value is -1.83. The van der Waals surface area contributed by atoms with Crippen LogP contribution >= 0.6 is 15.9 Å². The summed E-state index contributed by atoms with van der Waals surface area (Å²) < 4.78 is 6.35. The normalized spacial score (nSPS) is 20.2. The third-order valence-corrected chi connectivity index (χ3v) is 6.24. The number of rotatable bonds is 5. The van der Waals surface area contributed by atoms with E-state index in [-0.39, 0.29) is 5.91 Å². The third kappa shape index (κ3) is 5.02. The molecule has 29 heavy (non-hydrogen) atoms. The monoisotopic (exact) mass is 463 g/mol. The Bertz CT molecular complexity index is 844. The summed E-state index contributed by atoms with van der Waals surface area (Å²) in [6, 6.07) is 4.32. The number of halogens is 1. The lowest BCUT2D eigenvalue weighted by Crippen LogP contribution is -2.39. The zero-order valence-electron chi connectivity index (χ0n) is 17.5. The molecular formula is C22H30BrN3O3. The van der Waals surface area contributed by atoms with Gasteiger partial charge in [0.15, 0.2) is 0 Å². The highest BCUT2D eigenvalue weighted by Crippen LogP contribution is 2.31. The van der Waals surface area contributed by atoms with Gasteiger partial charge >= 0.3 is 0 Å². The molecule has 0 aromatic heterocycles. The maximum Gasteiger partial charge on any atom is 0.251 e. The fraction of sp³-hybridized carbons (Fsp3) is 0.500. The Balaban J connectivity index is 1.78. The Labute approximate surface area is 181 Å². The molecule has 1 amide bonds. The number of benzene rings is 1. The number of dihydropyridines is 1. The van der Waals surface area contributed by atoms with Crippen LogP contribution in [0, 0.1) is 6.92 Å². The molecule has 2 aliphatic heterocycles. The van der Waals surface area contributed by atoms with E-state index in [9.17, 15) is 9.90 Å². The number of hydrogen-bond acceptors (Lipinski definition) is 5. The first-order valence-electron chi connectivity index (χ1n) is 9.99. The summed E-state index contributed by atoms with van der Waals surface area (Å²) in [6.07, 6.45) is 3.16. The van der Waals surface area contributed by atoms with Gasteiger partial charge in [0.2, 0.25) is 0 Å². The van der Waals surface area contributed by atoms with Gasteiger partial charge < -0.3 is 25.4 Å². The smallest absolute Gasteiger partial charge is 0.251 e. The van der Waals surface area contributed by atoms with Crippen LogP contribution in [0.4, 0.5) is 5.69 Å². The first kappa shape index (κ1) is 21.9. The van der Waals surface area contributed by atoms with Crippen LogP contribution in [0.15, 0.2) is 39.5 Å². The predicted molar refractivity (Wildman–Crippen MR) is 119 cm³/mol. The van der Waals surface area contributed by atoms with Crippen molar-refractivity contribution in [1.82, 2.24) is 10.6 Å². The summed E-state index contributed by atoms with van der Waals surface area (Å²) in [4.78, 5) is 15.2. The fourth-order valence-corrected chi connectivity index (χ4v) is 4.47. The number of amides is 1. The van der Waals surface area contributed by atoms with Crippen LogP contribution in [0.2, 0.25) is 0 Å². The lowest BCUT2D eigenvalue weighted by Gasteiger charge is -2.34. The lowest BCUT2D eigenvalue weighted by atomic mass is 10.0. The molecule has 0 radical (unpaired) electrons. The molecule has 0 spiro atoms. The molecule has 1 aromatic carbocycles. The van der Waals surface area contributed by atoms with E-state index in [1.54, 1.807) is 0 Å². The number of aliphatic hydroxyl groups excluding tert-OH is 1. The van der Waals surface area contributed by atoms with E-state index in [4.69, 9.17) is 4.74 Å². The summed E-state index contributed by atoms with van der Waals surface area (Å²) >= 11 is 3.56. The van der Waals surface area contributed by atoms with Crippen LogP contribution in [0.1, 0.15) is 42.6 Å². The number of aliphatic hydroxyl groups is 1. The van der Waals surface area contributed by atoms with E-state index in [1.165, 1.54) is 0 Å². The van der Waals surface area contributed by atoms with Gasteiger partial charge in [-0.05, 0) is 63.0 Å². The largest absolute Gasteiger partial charge is 0.381 e. The first-order valence-corrected chi connectivity index (χ1v) is 10.8. The number of allylic oxidation sites excluding steroid dienone is 3. The summed E-state index contributed by atoms with van der Waals surface area (Å²) in [5, 5.41) is 16.2. The number of carbonyl (C=O) groups is 1. The molecule has 6 nitrogen and oxygen atoms in total. The Kier molecular flexibility index (Phi) is 7.03.